The molecule has 2 heterocycles. The van der Waals surface area contributed by atoms with Crippen LogP contribution in [0.1, 0.15) is 23.0 Å². The Morgan fingerprint density at radius 3 is 3.05 bits per heavy atom. The number of morpholine rings is 1. The molecule has 1 aromatic heterocycles. The molecule has 0 aliphatic carbocycles. The van der Waals surface area contributed by atoms with E-state index < -0.39 is 5.97 Å². The van der Waals surface area contributed by atoms with Crippen molar-refractivity contribution in [2.24, 2.45) is 0 Å². The summed E-state index contributed by atoms with van der Waals surface area (Å²) in [4.78, 5) is 13.7. The third-order valence-corrected chi connectivity index (χ3v) is 3.12. The van der Waals surface area contributed by atoms with E-state index in [2.05, 4.69) is 9.64 Å². The van der Waals surface area contributed by atoms with Gasteiger partial charge in [-0.15, -0.1) is 0 Å². The topological polar surface area (TPSA) is 72.1 Å². The summed E-state index contributed by atoms with van der Waals surface area (Å²) in [7, 11) is 1.33. The van der Waals surface area contributed by atoms with Crippen LogP contribution in [0, 0.1) is 0 Å². The average Bonchev–Trinajstić information content (AvgIpc) is 2.85. The third kappa shape index (κ3) is 3.34. The van der Waals surface area contributed by atoms with Gasteiger partial charge in [-0.3, -0.25) is 4.90 Å². The molecule has 19 heavy (non-hydrogen) atoms. The van der Waals surface area contributed by atoms with Crippen molar-refractivity contribution in [1.29, 1.82) is 0 Å². The summed E-state index contributed by atoms with van der Waals surface area (Å²) in [5.41, 5.74) is 0.789. The highest BCUT2D eigenvalue weighted by Gasteiger charge is 2.26. The van der Waals surface area contributed by atoms with E-state index in [4.69, 9.17) is 9.15 Å². The number of hydrogen-bond donors (Lipinski definition) is 1. The van der Waals surface area contributed by atoms with Gasteiger partial charge in [0.25, 0.3) is 0 Å². The molecule has 2 unspecified atom stereocenters. The zero-order chi connectivity index (χ0) is 13.8. The molecule has 1 N–H and O–H groups in total. The number of nitrogens with zero attached hydrogens (tertiary/aromatic N) is 1. The summed E-state index contributed by atoms with van der Waals surface area (Å²) in [6, 6.07) is 1.76. The summed E-state index contributed by atoms with van der Waals surface area (Å²) in [6.07, 6.45) is 1.35. The van der Waals surface area contributed by atoms with Crippen LogP contribution >= 0.6 is 0 Å². The molecule has 1 saturated heterocycles. The van der Waals surface area contributed by atoms with Gasteiger partial charge in [-0.1, -0.05) is 0 Å². The zero-order valence-electron chi connectivity index (χ0n) is 11.2. The van der Waals surface area contributed by atoms with Crippen LogP contribution in [-0.2, 0) is 16.0 Å². The van der Waals surface area contributed by atoms with Crippen molar-refractivity contribution in [1.82, 2.24) is 4.90 Å². The van der Waals surface area contributed by atoms with Gasteiger partial charge in [-0.05, 0) is 13.0 Å². The number of rotatable bonds is 4. The number of furan rings is 1. The Hall–Kier alpha value is -1.37. The second-order valence-corrected chi connectivity index (χ2v) is 4.71. The first kappa shape index (κ1) is 14.0. The Bertz CT molecular complexity index is 430. The van der Waals surface area contributed by atoms with E-state index in [0.29, 0.717) is 13.1 Å². The second kappa shape index (κ2) is 6.18. The molecule has 1 fully saturated rings. The number of methoxy groups -OCH3 is 1. The van der Waals surface area contributed by atoms with Crippen LogP contribution in [0.2, 0.25) is 0 Å². The predicted molar refractivity (Wildman–Crippen MR) is 66.7 cm³/mol. The number of aliphatic hydroxyl groups is 1. The SMILES string of the molecule is COC(=O)c1occc1CN1CC(C)OC(CO)C1. The number of aliphatic hydroxyl groups excluding tert-OH is 1. The van der Waals surface area contributed by atoms with Crippen molar-refractivity contribution in [2.75, 3.05) is 26.8 Å². The predicted octanol–water partition coefficient (Wildman–Crippen LogP) is 0.648. The molecular weight excluding hydrogens is 250 g/mol. The lowest BCUT2D eigenvalue weighted by atomic mass is 10.1. The first-order valence-electron chi connectivity index (χ1n) is 6.27. The Balaban J connectivity index is 2.04. The minimum absolute atomic E-state index is 0.00388. The Labute approximate surface area is 111 Å². The lowest BCUT2D eigenvalue weighted by Crippen LogP contribution is -2.47. The number of hydrogen-bond acceptors (Lipinski definition) is 6. The van der Waals surface area contributed by atoms with Crippen LogP contribution in [0.15, 0.2) is 16.7 Å². The summed E-state index contributed by atoms with van der Waals surface area (Å²) in [6.45, 7) is 3.92. The highest BCUT2D eigenvalue weighted by molar-refractivity contribution is 5.87. The van der Waals surface area contributed by atoms with E-state index >= 15 is 0 Å². The first-order chi connectivity index (χ1) is 9.13. The van der Waals surface area contributed by atoms with Crippen LogP contribution in [0.4, 0.5) is 0 Å². The molecule has 0 aromatic carbocycles. The van der Waals surface area contributed by atoms with Crippen molar-refractivity contribution in [3.63, 3.8) is 0 Å². The van der Waals surface area contributed by atoms with Crippen LogP contribution < -0.4 is 0 Å². The Morgan fingerprint density at radius 2 is 2.37 bits per heavy atom. The van der Waals surface area contributed by atoms with Gasteiger partial charge < -0.3 is 19.0 Å². The number of esters is 1. The van der Waals surface area contributed by atoms with E-state index in [-0.39, 0.29) is 24.6 Å². The van der Waals surface area contributed by atoms with Gasteiger partial charge in [0.05, 0.1) is 32.2 Å². The minimum Gasteiger partial charge on any atom is -0.463 e. The Morgan fingerprint density at radius 1 is 1.58 bits per heavy atom. The van der Waals surface area contributed by atoms with Gasteiger partial charge in [0, 0.05) is 25.2 Å². The standard InChI is InChI=1S/C13H19NO5/c1-9-5-14(7-11(8-15)19-9)6-10-3-4-18-12(10)13(16)17-2/h3-4,9,11,15H,5-8H2,1-2H3. The fourth-order valence-corrected chi connectivity index (χ4v) is 2.34. The van der Waals surface area contributed by atoms with E-state index in [1.165, 1.54) is 13.4 Å². The van der Waals surface area contributed by atoms with E-state index in [0.717, 1.165) is 12.1 Å². The minimum atomic E-state index is -0.472. The highest BCUT2D eigenvalue weighted by atomic mass is 16.5. The van der Waals surface area contributed by atoms with Crippen molar-refractivity contribution < 1.29 is 23.8 Å². The molecule has 6 nitrogen and oxygen atoms in total. The number of carbonyl (C=O) groups is 1. The maximum absolute atomic E-state index is 11.5. The van der Waals surface area contributed by atoms with Crippen LogP contribution in [0.3, 0.4) is 0 Å². The smallest absolute Gasteiger partial charge is 0.374 e. The van der Waals surface area contributed by atoms with Crippen LogP contribution in [-0.4, -0.2) is 55.0 Å². The average molecular weight is 269 g/mol. The highest BCUT2D eigenvalue weighted by Crippen LogP contribution is 2.18. The second-order valence-electron chi connectivity index (χ2n) is 4.71. The molecule has 2 rings (SSSR count). The number of carbonyl (C=O) groups excluding carboxylic acids is 1. The van der Waals surface area contributed by atoms with Crippen molar-refractivity contribution in [2.45, 2.75) is 25.7 Å². The summed E-state index contributed by atoms with van der Waals surface area (Å²) in [5.74, 6) is -0.234. The maximum atomic E-state index is 11.5. The molecule has 0 spiro atoms. The molecule has 2 atom stereocenters. The van der Waals surface area contributed by atoms with E-state index in [1.807, 2.05) is 6.92 Å². The lowest BCUT2D eigenvalue weighted by molar-refractivity contribution is -0.0973. The Kier molecular flexibility index (Phi) is 4.57. The lowest BCUT2D eigenvalue weighted by Gasteiger charge is -2.35. The van der Waals surface area contributed by atoms with E-state index in [1.54, 1.807) is 6.07 Å². The molecule has 0 radical (unpaired) electrons. The van der Waals surface area contributed by atoms with Gasteiger partial charge in [0.2, 0.25) is 5.76 Å². The van der Waals surface area contributed by atoms with Gasteiger partial charge in [-0.25, -0.2) is 4.79 Å². The molecule has 0 saturated carbocycles. The van der Waals surface area contributed by atoms with Gasteiger partial charge >= 0.3 is 5.97 Å². The van der Waals surface area contributed by atoms with E-state index in [9.17, 15) is 9.90 Å². The maximum Gasteiger partial charge on any atom is 0.374 e. The fraction of sp³-hybridized carbons (Fsp3) is 0.615. The zero-order valence-corrected chi connectivity index (χ0v) is 11.2. The van der Waals surface area contributed by atoms with Crippen molar-refractivity contribution in [3.8, 4) is 0 Å². The molecule has 0 amide bonds. The molecule has 1 aliphatic rings. The summed E-state index contributed by atoms with van der Waals surface area (Å²) in [5, 5.41) is 9.19. The number of ether oxygens (including phenoxy) is 2. The van der Waals surface area contributed by atoms with Gasteiger partial charge in [-0.2, -0.15) is 0 Å². The largest absolute Gasteiger partial charge is 0.463 e. The molecule has 6 heteroatoms. The van der Waals surface area contributed by atoms with Crippen molar-refractivity contribution in [3.05, 3.63) is 23.7 Å². The van der Waals surface area contributed by atoms with Crippen molar-refractivity contribution >= 4 is 5.97 Å². The molecule has 106 valence electrons. The summed E-state index contributed by atoms with van der Waals surface area (Å²) < 4.78 is 15.4. The third-order valence-electron chi connectivity index (χ3n) is 3.12. The molecule has 0 bridgehead atoms. The molecule has 1 aromatic rings. The summed E-state index contributed by atoms with van der Waals surface area (Å²) >= 11 is 0. The molecule has 1 aliphatic heterocycles. The van der Waals surface area contributed by atoms with Gasteiger partial charge in [0.15, 0.2) is 0 Å². The quantitative estimate of drug-likeness (QED) is 0.809. The first-order valence-corrected chi connectivity index (χ1v) is 6.27. The van der Waals surface area contributed by atoms with Gasteiger partial charge in [0.1, 0.15) is 0 Å². The van der Waals surface area contributed by atoms with Crippen LogP contribution in [0.25, 0.3) is 0 Å². The normalized spacial score (nSPS) is 24.4. The molecular formula is C13H19NO5. The van der Waals surface area contributed by atoms with Crippen LogP contribution in [0.5, 0.6) is 0 Å². The fourth-order valence-electron chi connectivity index (χ4n) is 2.34. The monoisotopic (exact) mass is 269 g/mol.